The molecule has 0 saturated heterocycles. The van der Waals surface area contributed by atoms with Gasteiger partial charge in [-0.2, -0.15) is 0 Å². The summed E-state index contributed by atoms with van der Waals surface area (Å²) >= 11 is 4.83. The zero-order valence-electron chi connectivity index (χ0n) is 24.6. The van der Waals surface area contributed by atoms with Crippen molar-refractivity contribution in [2.45, 2.75) is 33.4 Å². The molecule has 0 fully saturated rings. The zero-order chi connectivity index (χ0) is 31.4. The highest BCUT2D eigenvalue weighted by atomic mass is 79.9. The molecule has 0 N–H and O–H groups in total. The molecular formula is C33H30BrFN2O6S. The van der Waals surface area contributed by atoms with Crippen molar-refractivity contribution in [1.29, 1.82) is 0 Å². The van der Waals surface area contributed by atoms with E-state index in [1.807, 2.05) is 19.1 Å². The molecule has 11 heteroatoms. The van der Waals surface area contributed by atoms with Crippen molar-refractivity contribution in [2.24, 2.45) is 4.99 Å². The van der Waals surface area contributed by atoms with Crippen molar-refractivity contribution in [2.75, 3.05) is 20.3 Å². The SMILES string of the molecule is CCOC(=O)C1=C(C)N=c2s/c(=C/c3ccccc3OCc3ccccc3F)c(=O)n2[C@H]1c1cc(OC)c(OCC)cc1Br. The minimum Gasteiger partial charge on any atom is -0.493 e. The number of carbonyl (C=O) groups excluding carboxylic acids is 1. The summed E-state index contributed by atoms with van der Waals surface area (Å²) in [5.41, 5.74) is 1.98. The van der Waals surface area contributed by atoms with E-state index in [1.54, 1.807) is 62.4 Å². The maximum absolute atomic E-state index is 14.2. The van der Waals surface area contributed by atoms with Gasteiger partial charge in [0.1, 0.15) is 18.2 Å². The van der Waals surface area contributed by atoms with Gasteiger partial charge < -0.3 is 18.9 Å². The lowest BCUT2D eigenvalue weighted by molar-refractivity contribution is -0.139. The van der Waals surface area contributed by atoms with E-state index in [2.05, 4.69) is 20.9 Å². The van der Waals surface area contributed by atoms with Gasteiger partial charge in [0.05, 0.1) is 42.2 Å². The maximum Gasteiger partial charge on any atom is 0.338 e. The third kappa shape index (κ3) is 6.20. The standard InChI is InChI=1S/C33H30BrFN2O6S/c1-5-41-27-17-23(34)22(16-26(27)40-4)30-29(32(39)42-6-2)19(3)36-33-37(30)31(38)28(44-33)15-20-11-8-10-14-25(20)43-18-21-12-7-9-13-24(21)35/h7-17,30H,5-6,18H2,1-4H3/b28-15+/t30-/m0/s1. The monoisotopic (exact) mass is 680 g/mol. The average molecular weight is 682 g/mol. The summed E-state index contributed by atoms with van der Waals surface area (Å²) in [7, 11) is 1.53. The molecular weight excluding hydrogens is 651 g/mol. The summed E-state index contributed by atoms with van der Waals surface area (Å²) in [6.45, 7) is 5.92. The highest BCUT2D eigenvalue weighted by Gasteiger charge is 2.35. The number of para-hydroxylation sites is 1. The molecule has 0 radical (unpaired) electrons. The molecule has 1 aromatic heterocycles. The number of hydrogen-bond donors (Lipinski definition) is 0. The van der Waals surface area contributed by atoms with E-state index in [0.717, 1.165) is 0 Å². The molecule has 3 aromatic carbocycles. The third-order valence-corrected chi connectivity index (χ3v) is 8.61. The lowest BCUT2D eigenvalue weighted by Crippen LogP contribution is -2.40. The molecule has 0 saturated carbocycles. The molecule has 1 atom stereocenters. The number of methoxy groups -OCH3 is 1. The van der Waals surface area contributed by atoms with Gasteiger partial charge in [0.15, 0.2) is 16.3 Å². The van der Waals surface area contributed by atoms with Gasteiger partial charge in [0.2, 0.25) is 0 Å². The largest absolute Gasteiger partial charge is 0.493 e. The van der Waals surface area contributed by atoms with E-state index in [0.29, 0.717) is 60.0 Å². The summed E-state index contributed by atoms with van der Waals surface area (Å²) in [4.78, 5) is 32.6. The van der Waals surface area contributed by atoms with Crippen molar-refractivity contribution < 1.29 is 28.1 Å². The smallest absolute Gasteiger partial charge is 0.338 e. The first kappa shape index (κ1) is 31.2. The predicted molar refractivity (Wildman–Crippen MR) is 169 cm³/mol. The Bertz CT molecular complexity index is 1930. The first-order valence-corrected chi connectivity index (χ1v) is 15.5. The van der Waals surface area contributed by atoms with Gasteiger partial charge in [0, 0.05) is 15.6 Å². The number of halogens is 2. The van der Waals surface area contributed by atoms with Gasteiger partial charge in [-0.15, -0.1) is 0 Å². The van der Waals surface area contributed by atoms with E-state index in [-0.39, 0.29) is 30.2 Å². The second-order valence-electron chi connectivity index (χ2n) is 9.68. The van der Waals surface area contributed by atoms with E-state index in [1.165, 1.54) is 29.1 Å². The first-order chi connectivity index (χ1) is 21.3. The molecule has 0 bridgehead atoms. The molecule has 0 spiro atoms. The average Bonchev–Trinajstić information content (AvgIpc) is 3.31. The van der Waals surface area contributed by atoms with Gasteiger partial charge in [-0.25, -0.2) is 14.2 Å². The normalized spacial score (nSPS) is 14.6. The fraction of sp³-hybridized carbons (Fsp3) is 0.242. The van der Waals surface area contributed by atoms with Crippen LogP contribution in [0, 0.1) is 5.82 Å². The minimum absolute atomic E-state index is 0.0223. The summed E-state index contributed by atoms with van der Waals surface area (Å²) in [6.07, 6.45) is 1.72. The second-order valence-corrected chi connectivity index (χ2v) is 11.5. The van der Waals surface area contributed by atoms with Gasteiger partial charge >= 0.3 is 5.97 Å². The van der Waals surface area contributed by atoms with Crippen LogP contribution in [0.25, 0.3) is 6.08 Å². The number of ether oxygens (including phenoxy) is 4. The Hall–Kier alpha value is -4.22. The van der Waals surface area contributed by atoms with Gasteiger partial charge in [-0.3, -0.25) is 9.36 Å². The fourth-order valence-corrected chi connectivity index (χ4v) is 6.49. The van der Waals surface area contributed by atoms with Crippen LogP contribution in [0.3, 0.4) is 0 Å². The van der Waals surface area contributed by atoms with Gasteiger partial charge in [-0.05, 0) is 56.7 Å². The summed E-state index contributed by atoms with van der Waals surface area (Å²) in [6, 6.07) is 16.3. The Labute approximate surface area is 265 Å². The number of thiazole rings is 1. The summed E-state index contributed by atoms with van der Waals surface area (Å²) in [5, 5.41) is 0. The van der Waals surface area contributed by atoms with Crippen LogP contribution in [0.2, 0.25) is 0 Å². The molecule has 2 heterocycles. The van der Waals surface area contributed by atoms with Crippen molar-refractivity contribution in [3.63, 3.8) is 0 Å². The molecule has 8 nitrogen and oxygen atoms in total. The topological polar surface area (TPSA) is 88.4 Å². The molecule has 1 aliphatic heterocycles. The number of hydrogen-bond acceptors (Lipinski definition) is 8. The van der Waals surface area contributed by atoms with Crippen LogP contribution in [0.5, 0.6) is 17.2 Å². The first-order valence-electron chi connectivity index (χ1n) is 13.9. The van der Waals surface area contributed by atoms with Crippen LogP contribution < -0.4 is 29.1 Å². The molecule has 228 valence electrons. The van der Waals surface area contributed by atoms with Gasteiger partial charge in [-0.1, -0.05) is 63.7 Å². The number of benzene rings is 3. The number of carbonyl (C=O) groups is 1. The van der Waals surface area contributed by atoms with E-state index >= 15 is 0 Å². The van der Waals surface area contributed by atoms with Crippen LogP contribution in [-0.4, -0.2) is 30.9 Å². The lowest BCUT2D eigenvalue weighted by atomic mass is 9.95. The fourth-order valence-electron chi connectivity index (χ4n) is 4.92. The summed E-state index contributed by atoms with van der Waals surface area (Å²) in [5.74, 6) is 0.526. The maximum atomic E-state index is 14.2. The van der Waals surface area contributed by atoms with Crippen LogP contribution in [0.15, 0.2) is 86.2 Å². The van der Waals surface area contributed by atoms with Crippen molar-refractivity contribution in [3.05, 3.63) is 119 Å². The minimum atomic E-state index is -0.862. The number of esters is 1. The highest BCUT2D eigenvalue weighted by Crippen LogP contribution is 2.41. The van der Waals surface area contributed by atoms with Crippen LogP contribution in [-0.2, 0) is 16.1 Å². The quantitative estimate of drug-likeness (QED) is 0.200. The lowest BCUT2D eigenvalue weighted by Gasteiger charge is -2.26. The molecule has 0 aliphatic carbocycles. The molecule has 0 amide bonds. The third-order valence-electron chi connectivity index (χ3n) is 6.94. The Morgan fingerprint density at radius 1 is 1.05 bits per heavy atom. The Kier molecular flexibility index (Phi) is 9.65. The van der Waals surface area contributed by atoms with Crippen LogP contribution in [0.1, 0.15) is 43.5 Å². The van der Waals surface area contributed by atoms with E-state index in [4.69, 9.17) is 18.9 Å². The number of nitrogens with zero attached hydrogens (tertiary/aromatic N) is 2. The highest BCUT2D eigenvalue weighted by molar-refractivity contribution is 9.10. The molecule has 1 aliphatic rings. The Balaban J connectivity index is 1.65. The van der Waals surface area contributed by atoms with Gasteiger partial charge in [0.25, 0.3) is 5.56 Å². The second kappa shape index (κ2) is 13.6. The summed E-state index contributed by atoms with van der Waals surface area (Å²) < 4.78 is 39.4. The van der Waals surface area contributed by atoms with Crippen molar-refractivity contribution in [1.82, 2.24) is 4.57 Å². The number of fused-ring (bicyclic) bond motifs is 1. The van der Waals surface area contributed by atoms with Crippen molar-refractivity contribution >= 4 is 39.3 Å². The van der Waals surface area contributed by atoms with Crippen LogP contribution in [0.4, 0.5) is 4.39 Å². The Morgan fingerprint density at radius 2 is 1.80 bits per heavy atom. The van der Waals surface area contributed by atoms with Crippen molar-refractivity contribution in [3.8, 4) is 17.2 Å². The predicted octanol–water partition coefficient (Wildman–Crippen LogP) is 5.69. The Morgan fingerprint density at radius 3 is 2.52 bits per heavy atom. The molecule has 44 heavy (non-hydrogen) atoms. The molecule has 5 rings (SSSR count). The molecule has 0 unspecified atom stereocenters. The number of allylic oxidation sites excluding steroid dienone is 1. The zero-order valence-corrected chi connectivity index (χ0v) is 27.0. The number of rotatable bonds is 10. The number of aromatic nitrogens is 1. The van der Waals surface area contributed by atoms with E-state index < -0.39 is 12.0 Å². The van der Waals surface area contributed by atoms with Crippen LogP contribution >= 0.6 is 27.3 Å². The molecule has 4 aromatic rings. The van der Waals surface area contributed by atoms with E-state index in [9.17, 15) is 14.0 Å².